The maximum Gasteiger partial charge on any atom is 0.264 e. The fraction of sp³-hybridized carbons (Fsp3) is 0.263. The Kier molecular flexibility index (Phi) is 4.88. The Morgan fingerprint density at radius 1 is 1.28 bits per heavy atom. The van der Waals surface area contributed by atoms with E-state index >= 15 is 0 Å². The standard InChI is InChI=1S/C19H20N2O4/c1-13-4-3-5-15(8-13)24-11-18(22)20-10-14-6-7-17-16(9-14)21(2)19(23)12-25-17/h3-9H,10-12H2,1-2H3,(H,20,22). The maximum atomic E-state index is 12.0. The number of fused-ring (bicyclic) bond motifs is 1. The molecule has 1 aliphatic rings. The second-order valence-electron chi connectivity index (χ2n) is 5.93. The molecule has 0 spiro atoms. The maximum absolute atomic E-state index is 12.0. The van der Waals surface area contributed by atoms with Crippen LogP contribution in [0, 0.1) is 6.92 Å². The van der Waals surface area contributed by atoms with Crippen LogP contribution in [0.5, 0.6) is 11.5 Å². The Hall–Kier alpha value is -3.02. The summed E-state index contributed by atoms with van der Waals surface area (Å²) in [5, 5.41) is 2.81. The van der Waals surface area contributed by atoms with Gasteiger partial charge in [-0.05, 0) is 42.3 Å². The molecular weight excluding hydrogens is 320 g/mol. The smallest absolute Gasteiger partial charge is 0.264 e. The minimum absolute atomic E-state index is 0.0457. The van der Waals surface area contributed by atoms with E-state index in [1.807, 2.05) is 49.4 Å². The lowest BCUT2D eigenvalue weighted by atomic mass is 10.1. The van der Waals surface area contributed by atoms with Gasteiger partial charge in [-0.3, -0.25) is 9.59 Å². The summed E-state index contributed by atoms with van der Waals surface area (Å²) in [6.07, 6.45) is 0. The zero-order valence-corrected chi connectivity index (χ0v) is 14.2. The van der Waals surface area contributed by atoms with E-state index in [1.165, 1.54) is 0 Å². The van der Waals surface area contributed by atoms with Crippen molar-refractivity contribution in [2.45, 2.75) is 13.5 Å². The zero-order valence-electron chi connectivity index (χ0n) is 14.2. The van der Waals surface area contributed by atoms with E-state index in [2.05, 4.69) is 5.32 Å². The number of anilines is 1. The molecular formula is C19H20N2O4. The van der Waals surface area contributed by atoms with Crippen molar-refractivity contribution in [3.05, 3.63) is 53.6 Å². The predicted molar refractivity (Wildman–Crippen MR) is 93.9 cm³/mol. The Labute approximate surface area is 146 Å². The fourth-order valence-electron chi connectivity index (χ4n) is 2.53. The van der Waals surface area contributed by atoms with Crippen LogP contribution in [-0.4, -0.2) is 32.1 Å². The van der Waals surface area contributed by atoms with E-state index in [9.17, 15) is 9.59 Å². The summed E-state index contributed by atoms with van der Waals surface area (Å²) in [4.78, 5) is 25.2. The molecule has 1 N–H and O–H groups in total. The van der Waals surface area contributed by atoms with E-state index in [1.54, 1.807) is 11.9 Å². The summed E-state index contributed by atoms with van der Waals surface area (Å²) in [5.74, 6) is 1.03. The Balaban J connectivity index is 1.55. The van der Waals surface area contributed by atoms with Gasteiger partial charge in [0.05, 0.1) is 5.69 Å². The summed E-state index contributed by atoms with van der Waals surface area (Å²) in [5.41, 5.74) is 2.67. The molecule has 1 aliphatic heterocycles. The monoisotopic (exact) mass is 340 g/mol. The molecule has 0 fully saturated rings. The third kappa shape index (κ3) is 4.09. The third-order valence-electron chi connectivity index (χ3n) is 3.96. The van der Waals surface area contributed by atoms with Crippen LogP contribution < -0.4 is 19.7 Å². The van der Waals surface area contributed by atoms with E-state index < -0.39 is 0 Å². The van der Waals surface area contributed by atoms with Crippen molar-refractivity contribution in [1.82, 2.24) is 5.32 Å². The number of aryl methyl sites for hydroxylation is 1. The molecule has 0 unspecified atom stereocenters. The van der Waals surface area contributed by atoms with Gasteiger partial charge in [-0.25, -0.2) is 0 Å². The molecule has 0 aliphatic carbocycles. The molecule has 25 heavy (non-hydrogen) atoms. The summed E-state index contributed by atoms with van der Waals surface area (Å²) in [6, 6.07) is 13.1. The molecule has 0 aromatic heterocycles. The van der Waals surface area contributed by atoms with E-state index in [0.29, 0.717) is 23.7 Å². The van der Waals surface area contributed by atoms with Crippen molar-refractivity contribution in [3.63, 3.8) is 0 Å². The first-order valence-corrected chi connectivity index (χ1v) is 8.01. The lowest BCUT2D eigenvalue weighted by molar-refractivity contribution is -0.123. The lowest BCUT2D eigenvalue weighted by Gasteiger charge is -2.26. The highest BCUT2D eigenvalue weighted by Crippen LogP contribution is 2.31. The molecule has 6 nitrogen and oxygen atoms in total. The first-order valence-electron chi connectivity index (χ1n) is 8.01. The van der Waals surface area contributed by atoms with Gasteiger partial charge in [0.1, 0.15) is 11.5 Å². The average molecular weight is 340 g/mol. The molecule has 0 saturated carbocycles. The molecule has 2 aromatic rings. The van der Waals surface area contributed by atoms with Gasteiger partial charge in [0.2, 0.25) is 0 Å². The van der Waals surface area contributed by atoms with E-state index in [-0.39, 0.29) is 25.0 Å². The highest BCUT2D eigenvalue weighted by Gasteiger charge is 2.22. The summed E-state index contributed by atoms with van der Waals surface area (Å²) >= 11 is 0. The van der Waals surface area contributed by atoms with E-state index in [0.717, 1.165) is 11.1 Å². The van der Waals surface area contributed by atoms with Crippen molar-refractivity contribution >= 4 is 17.5 Å². The minimum Gasteiger partial charge on any atom is -0.484 e. The molecule has 0 radical (unpaired) electrons. The van der Waals surface area contributed by atoms with Crippen LogP contribution >= 0.6 is 0 Å². The SMILES string of the molecule is Cc1cccc(OCC(=O)NCc2ccc3c(c2)N(C)C(=O)CO3)c1. The van der Waals surface area contributed by atoms with Crippen LogP contribution in [0.3, 0.4) is 0 Å². The molecule has 3 rings (SSSR count). The number of carbonyl (C=O) groups excluding carboxylic acids is 2. The van der Waals surface area contributed by atoms with Crippen molar-refractivity contribution in [2.24, 2.45) is 0 Å². The first kappa shape index (κ1) is 16.8. The fourth-order valence-corrected chi connectivity index (χ4v) is 2.53. The Morgan fingerprint density at radius 2 is 2.12 bits per heavy atom. The van der Waals surface area contributed by atoms with Crippen LogP contribution in [0.25, 0.3) is 0 Å². The van der Waals surface area contributed by atoms with Gasteiger partial charge in [0.25, 0.3) is 11.8 Å². The second kappa shape index (κ2) is 7.25. The number of likely N-dealkylation sites (N-methyl/N-ethyl adjacent to an activating group) is 1. The van der Waals surface area contributed by atoms with Crippen LogP contribution in [0.15, 0.2) is 42.5 Å². The first-order chi connectivity index (χ1) is 12.0. The molecule has 6 heteroatoms. The summed E-state index contributed by atoms with van der Waals surface area (Å²) in [6.45, 7) is 2.32. The largest absolute Gasteiger partial charge is 0.484 e. The van der Waals surface area contributed by atoms with E-state index in [4.69, 9.17) is 9.47 Å². The molecule has 2 aromatic carbocycles. The normalized spacial score (nSPS) is 13.0. The van der Waals surface area contributed by atoms with Gasteiger partial charge in [-0.15, -0.1) is 0 Å². The van der Waals surface area contributed by atoms with Crippen LogP contribution in [-0.2, 0) is 16.1 Å². The lowest BCUT2D eigenvalue weighted by Crippen LogP contribution is -2.35. The molecule has 0 bridgehead atoms. The molecule has 0 saturated heterocycles. The van der Waals surface area contributed by atoms with Gasteiger partial charge in [-0.1, -0.05) is 18.2 Å². The number of hydrogen-bond donors (Lipinski definition) is 1. The highest BCUT2D eigenvalue weighted by atomic mass is 16.5. The summed E-state index contributed by atoms with van der Waals surface area (Å²) < 4.78 is 10.9. The molecule has 130 valence electrons. The number of nitrogens with zero attached hydrogens (tertiary/aromatic N) is 1. The number of amides is 2. The van der Waals surface area contributed by atoms with Gasteiger partial charge in [-0.2, -0.15) is 0 Å². The van der Waals surface area contributed by atoms with Gasteiger partial charge in [0, 0.05) is 13.6 Å². The minimum atomic E-state index is -0.208. The number of benzene rings is 2. The van der Waals surface area contributed by atoms with Gasteiger partial charge < -0.3 is 19.7 Å². The van der Waals surface area contributed by atoms with Crippen LogP contribution in [0.1, 0.15) is 11.1 Å². The van der Waals surface area contributed by atoms with Crippen molar-refractivity contribution in [3.8, 4) is 11.5 Å². The number of nitrogens with one attached hydrogen (secondary N) is 1. The van der Waals surface area contributed by atoms with Gasteiger partial charge >= 0.3 is 0 Å². The van der Waals surface area contributed by atoms with Crippen LogP contribution in [0.4, 0.5) is 5.69 Å². The predicted octanol–water partition coefficient (Wildman–Crippen LogP) is 2.05. The highest BCUT2D eigenvalue weighted by molar-refractivity contribution is 5.97. The molecule has 0 atom stereocenters. The molecule has 2 amide bonds. The summed E-state index contributed by atoms with van der Waals surface area (Å²) in [7, 11) is 1.71. The zero-order chi connectivity index (χ0) is 17.8. The van der Waals surface area contributed by atoms with Crippen molar-refractivity contribution in [1.29, 1.82) is 0 Å². The van der Waals surface area contributed by atoms with Gasteiger partial charge in [0.15, 0.2) is 13.2 Å². The van der Waals surface area contributed by atoms with Crippen molar-refractivity contribution in [2.75, 3.05) is 25.2 Å². The number of rotatable bonds is 5. The quantitative estimate of drug-likeness (QED) is 0.904. The Bertz CT molecular complexity index is 804. The number of hydrogen-bond acceptors (Lipinski definition) is 4. The second-order valence-corrected chi connectivity index (χ2v) is 5.93. The topological polar surface area (TPSA) is 67.9 Å². The van der Waals surface area contributed by atoms with Crippen molar-refractivity contribution < 1.29 is 19.1 Å². The van der Waals surface area contributed by atoms with Crippen LogP contribution in [0.2, 0.25) is 0 Å². The number of carbonyl (C=O) groups is 2. The Morgan fingerprint density at radius 3 is 2.92 bits per heavy atom. The number of ether oxygens (including phenoxy) is 2. The molecule has 1 heterocycles. The third-order valence-corrected chi connectivity index (χ3v) is 3.96. The average Bonchev–Trinajstić information content (AvgIpc) is 2.61.